The van der Waals surface area contributed by atoms with Gasteiger partial charge in [-0.25, -0.2) is 4.98 Å². The van der Waals surface area contributed by atoms with Crippen LogP contribution in [0.5, 0.6) is 6.01 Å². The van der Waals surface area contributed by atoms with Crippen LogP contribution >= 0.6 is 0 Å². The third-order valence-corrected chi connectivity index (χ3v) is 1.64. The molecule has 2 aromatic rings. The van der Waals surface area contributed by atoms with E-state index in [1.54, 1.807) is 13.2 Å². The van der Waals surface area contributed by atoms with E-state index in [4.69, 9.17) is 4.74 Å². The zero-order valence-electron chi connectivity index (χ0n) is 7.33. The van der Waals surface area contributed by atoms with Crippen LogP contribution in [0.25, 0.3) is 11.2 Å². The van der Waals surface area contributed by atoms with Gasteiger partial charge in [-0.2, -0.15) is 9.97 Å². The first kappa shape index (κ1) is 7.78. The van der Waals surface area contributed by atoms with Crippen molar-refractivity contribution >= 4 is 17.1 Å². The fourth-order valence-corrected chi connectivity index (χ4v) is 1.01. The molecular formula is C7H9N5O. The Kier molecular flexibility index (Phi) is 1.73. The molecule has 0 aliphatic heterocycles. The van der Waals surface area contributed by atoms with Crippen LogP contribution in [0.1, 0.15) is 0 Å². The summed E-state index contributed by atoms with van der Waals surface area (Å²) in [6, 6.07) is 0.321. The predicted octanol–water partition coefficient (Wildman–Crippen LogP) is 0.403. The molecule has 0 saturated carbocycles. The number of aromatic amines is 1. The molecule has 0 aliphatic rings. The number of H-pyrrole nitrogens is 1. The molecule has 0 fully saturated rings. The van der Waals surface area contributed by atoms with E-state index in [1.165, 1.54) is 7.11 Å². The van der Waals surface area contributed by atoms with Crippen molar-refractivity contribution in [1.29, 1.82) is 0 Å². The number of methoxy groups -OCH3 is 1. The summed E-state index contributed by atoms with van der Waals surface area (Å²) in [5.74, 6) is 0.664. The van der Waals surface area contributed by atoms with Crippen molar-refractivity contribution in [2.45, 2.75) is 0 Å². The van der Waals surface area contributed by atoms with Gasteiger partial charge in [0.1, 0.15) is 5.52 Å². The van der Waals surface area contributed by atoms with Gasteiger partial charge in [-0.05, 0) is 0 Å². The molecule has 0 amide bonds. The lowest BCUT2D eigenvalue weighted by Gasteiger charge is -1.93. The van der Waals surface area contributed by atoms with E-state index in [-0.39, 0.29) is 0 Å². The zero-order valence-corrected chi connectivity index (χ0v) is 7.33. The quantitative estimate of drug-likeness (QED) is 0.698. The van der Waals surface area contributed by atoms with Crippen LogP contribution in [0.4, 0.5) is 5.95 Å². The topological polar surface area (TPSA) is 75.7 Å². The van der Waals surface area contributed by atoms with Crippen LogP contribution in [0, 0.1) is 0 Å². The molecule has 0 spiro atoms. The molecule has 2 N–H and O–H groups in total. The van der Waals surface area contributed by atoms with Crippen LogP contribution in [-0.2, 0) is 0 Å². The van der Waals surface area contributed by atoms with E-state index in [9.17, 15) is 0 Å². The van der Waals surface area contributed by atoms with Gasteiger partial charge in [0.15, 0.2) is 5.65 Å². The summed E-state index contributed by atoms with van der Waals surface area (Å²) in [5.41, 5.74) is 1.38. The Hall–Kier alpha value is -1.85. The summed E-state index contributed by atoms with van der Waals surface area (Å²) < 4.78 is 4.87. The van der Waals surface area contributed by atoms with E-state index in [2.05, 4.69) is 25.3 Å². The molecular weight excluding hydrogens is 170 g/mol. The van der Waals surface area contributed by atoms with Crippen molar-refractivity contribution in [3.63, 3.8) is 0 Å². The van der Waals surface area contributed by atoms with Gasteiger partial charge >= 0.3 is 6.01 Å². The van der Waals surface area contributed by atoms with Gasteiger partial charge in [0.25, 0.3) is 0 Å². The monoisotopic (exact) mass is 179 g/mol. The number of ether oxygens (including phenoxy) is 1. The molecule has 2 aromatic heterocycles. The van der Waals surface area contributed by atoms with E-state index in [0.29, 0.717) is 17.6 Å². The molecule has 6 heteroatoms. The number of fused-ring (bicyclic) bond motifs is 1. The van der Waals surface area contributed by atoms with Crippen molar-refractivity contribution in [1.82, 2.24) is 19.9 Å². The Morgan fingerprint density at radius 2 is 2.31 bits per heavy atom. The van der Waals surface area contributed by atoms with Gasteiger partial charge in [-0.3, -0.25) is 0 Å². The Morgan fingerprint density at radius 3 is 3.00 bits per heavy atom. The summed E-state index contributed by atoms with van der Waals surface area (Å²) in [7, 11) is 3.30. The first-order chi connectivity index (χ1) is 6.33. The molecule has 13 heavy (non-hydrogen) atoms. The first-order valence-corrected chi connectivity index (χ1v) is 3.78. The predicted molar refractivity (Wildman–Crippen MR) is 47.8 cm³/mol. The van der Waals surface area contributed by atoms with E-state index >= 15 is 0 Å². The lowest BCUT2D eigenvalue weighted by atomic mass is 10.6. The molecule has 0 aliphatic carbocycles. The maximum Gasteiger partial charge on any atom is 0.318 e. The summed E-state index contributed by atoms with van der Waals surface area (Å²) in [5, 5.41) is 2.88. The number of hydrogen-bond acceptors (Lipinski definition) is 5. The third-order valence-electron chi connectivity index (χ3n) is 1.64. The summed E-state index contributed by atoms with van der Waals surface area (Å²) >= 11 is 0. The number of imidazole rings is 1. The van der Waals surface area contributed by atoms with E-state index in [1.807, 2.05) is 0 Å². The van der Waals surface area contributed by atoms with Crippen LogP contribution in [-0.4, -0.2) is 34.1 Å². The highest BCUT2D eigenvalue weighted by Gasteiger charge is 2.04. The summed E-state index contributed by atoms with van der Waals surface area (Å²) in [6.45, 7) is 0. The minimum atomic E-state index is 0.321. The summed E-state index contributed by atoms with van der Waals surface area (Å²) in [6.07, 6.45) is 1.63. The minimum Gasteiger partial charge on any atom is -0.467 e. The van der Waals surface area contributed by atoms with E-state index < -0.39 is 0 Å². The van der Waals surface area contributed by atoms with Gasteiger partial charge in [0.2, 0.25) is 5.95 Å². The molecule has 0 saturated heterocycles. The van der Waals surface area contributed by atoms with Crippen LogP contribution in [0.2, 0.25) is 0 Å². The average Bonchev–Trinajstić information content (AvgIpc) is 2.58. The van der Waals surface area contributed by atoms with Gasteiger partial charge in [-0.1, -0.05) is 0 Å². The second-order valence-electron chi connectivity index (χ2n) is 2.43. The van der Waals surface area contributed by atoms with Crippen LogP contribution in [0.3, 0.4) is 0 Å². The Morgan fingerprint density at radius 1 is 1.46 bits per heavy atom. The number of anilines is 1. The molecule has 68 valence electrons. The average molecular weight is 179 g/mol. The number of nitrogens with zero attached hydrogens (tertiary/aromatic N) is 3. The normalized spacial score (nSPS) is 10.3. The number of aromatic nitrogens is 4. The Bertz CT molecular complexity index is 422. The van der Waals surface area contributed by atoms with Crippen molar-refractivity contribution < 1.29 is 4.74 Å². The van der Waals surface area contributed by atoms with Crippen LogP contribution in [0.15, 0.2) is 6.20 Å². The second kappa shape index (κ2) is 2.89. The molecule has 2 heterocycles. The molecule has 6 nitrogen and oxygen atoms in total. The maximum absolute atomic E-state index is 4.87. The van der Waals surface area contributed by atoms with Crippen molar-refractivity contribution in [3.05, 3.63) is 6.20 Å². The highest BCUT2D eigenvalue weighted by Crippen LogP contribution is 2.12. The van der Waals surface area contributed by atoms with Gasteiger partial charge in [-0.15, -0.1) is 0 Å². The molecule has 0 aromatic carbocycles. The largest absolute Gasteiger partial charge is 0.467 e. The lowest BCUT2D eigenvalue weighted by molar-refractivity contribution is 0.381. The molecule has 0 unspecified atom stereocenters. The van der Waals surface area contributed by atoms with Crippen molar-refractivity contribution in [3.8, 4) is 6.01 Å². The SMILES string of the molecule is CNc1nc2nc(OC)ncc2[nH]1. The number of hydrogen-bond donors (Lipinski definition) is 2. The summed E-state index contributed by atoms with van der Waals surface area (Å²) in [4.78, 5) is 15.1. The Labute approximate surface area is 74.4 Å². The molecule has 2 rings (SSSR count). The van der Waals surface area contributed by atoms with Crippen molar-refractivity contribution in [2.24, 2.45) is 0 Å². The fraction of sp³-hybridized carbons (Fsp3) is 0.286. The molecule has 0 radical (unpaired) electrons. The van der Waals surface area contributed by atoms with E-state index in [0.717, 1.165) is 5.52 Å². The standard InChI is InChI=1S/C7H9N5O/c1-8-6-10-4-3-9-7(13-2)12-5(4)11-6/h3H,1-2H3,(H2,8,9,10,11,12). The smallest absolute Gasteiger partial charge is 0.318 e. The second-order valence-corrected chi connectivity index (χ2v) is 2.43. The number of rotatable bonds is 2. The zero-order chi connectivity index (χ0) is 9.26. The van der Waals surface area contributed by atoms with Crippen LogP contribution < -0.4 is 10.1 Å². The lowest BCUT2D eigenvalue weighted by Crippen LogP contribution is -1.91. The number of nitrogens with one attached hydrogen (secondary N) is 2. The van der Waals surface area contributed by atoms with Crippen molar-refractivity contribution in [2.75, 3.05) is 19.5 Å². The highest BCUT2D eigenvalue weighted by atomic mass is 16.5. The highest BCUT2D eigenvalue weighted by molar-refractivity contribution is 5.72. The van der Waals surface area contributed by atoms with Gasteiger partial charge < -0.3 is 15.0 Å². The third kappa shape index (κ3) is 1.26. The molecule has 0 atom stereocenters. The Balaban J connectivity index is 2.57. The maximum atomic E-state index is 4.87. The fourth-order valence-electron chi connectivity index (χ4n) is 1.01. The molecule has 0 bridgehead atoms. The van der Waals surface area contributed by atoms with Gasteiger partial charge in [0, 0.05) is 7.05 Å². The minimum absolute atomic E-state index is 0.321. The van der Waals surface area contributed by atoms with Gasteiger partial charge in [0.05, 0.1) is 13.3 Å². The first-order valence-electron chi connectivity index (χ1n) is 3.78.